The first-order valence-electron chi connectivity index (χ1n) is 3.92. The Balaban J connectivity index is 2.96. The van der Waals surface area contributed by atoms with Crippen LogP contribution < -0.4 is 11.2 Å². The van der Waals surface area contributed by atoms with Crippen LogP contribution >= 0.6 is 15.9 Å². The Labute approximate surface area is 94.7 Å². The van der Waals surface area contributed by atoms with Crippen molar-refractivity contribution in [2.45, 2.75) is 0 Å². The van der Waals surface area contributed by atoms with E-state index in [4.69, 9.17) is 11.0 Å². The Hall–Kier alpha value is -1.87. The highest BCUT2D eigenvalue weighted by molar-refractivity contribution is 9.10. The van der Waals surface area contributed by atoms with E-state index in [2.05, 4.69) is 21.0 Å². The van der Waals surface area contributed by atoms with E-state index in [0.29, 0.717) is 15.6 Å². The summed E-state index contributed by atoms with van der Waals surface area (Å²) in [5.74, 6) is 0. The SMILES string of the molecule is N#Cc1c(Br)cccc1C=NNC(N)=O. The van der Waals surface area contributed by atoms with E-state index in [1.165, 1.54) is 6.21 Å². The smallest absolute Gasteiger partial charge is 0.332 e. The number of urea groups is 1. The molecule has 3 N–H and O–H groups in total. The number of nitrogens with one attached hydrogen (secondary N) is 1. The minimum absolute atomic E-state index is 0.451. The number of primary amides is 1. The first kappa shape index (κ1) is 11.2. The summed E-state index contributed by atoms with van der Waals surface area (Å²) in [7, 11) is 0. The largest absolute Gasteiger partial charge is 0.350 e. The molecule has 76 valence electrons. The third kappa shape index (κ3) is 3.07. The lowest BCUT2D eigenvalue weighted by Gasteiger charge is -1.99. The Bertz CT molecular complexity index is 450. The average molecular weight is 267 g/mol. The number of hydrogen-bond donors (Lipinski definition) is 2. The van der Waals surface area contributed by atoms with Crippen LogP contribution in [0.1, 0.15) is 11.1 Å². The Morgan fingerprint density at radius 2 is 2.40 bits per heavy atom. The van der Waals surface area contributed by atoms with E-state index >= 15 is 0 Å². The van der Waals surface area contributed by atoms with Gasteiger partial charge in [-0.2, -0.15) is 10.4 Å². The fourth-order valence-corrected chi connectivity index (χ4v) is 1.40. The maximum Gasteiger partial charge on any atom is 0.332 e. The van der Waals surface area contributed by atoms with E-state index in [1.54, 1.807) is 18.2 Å². The van der Waals surface area contributed by atoms with Crippen LogP contribution in [0.3, 0.4) is 0 Å². The molecular weight excluding hydrogens is 260 g/mol. The van der Waals surface area contributed by atoms with Crippen LogP contribution in [0.15, 0.2) is 27.8 Å². The number of nitrogens with two attached hydrogens (primary N) is 1. The molecule has 15 heavy (non-hydrogen) atoms. The van der Waals surface area contributed by atoms with Gasteiger partial charge in [0.15, 0.2) is 0 Å². The van der Waals surface area contributed by atoms with Gasteiger partial charge in [-0.3, -0.25) is 0 Å². The molecule has 0 fully saturated rings. The molecule has 0 saturated carbocycles. The lowest BCUT2D eigenvalue weighted by Crippen LogP contribution is -2.24. The number of halogens is 1. The molecule has 0 atom stereocenters. The van der Waals surface area contributed by atoms with Gasteiger partial charge in [0.25, 0.3) is 0 Å². The number of hydrazone groups is 1. The standard InChI is InChI=1S/C9H7BrN4O/c10-8-3-1-2-6(7(8)4-11)5-13-14-9(12)15/h1-3,5H,(H3,12,14,15). The number of amides is 2. The molecule has 0 aliphatic heterocycles. The fourth-order valence-electron chi connectivity index (χ4n) is 0.932. The molecule has 0 heterocycles. The highest BCUT2D eigenvalue weighted by Gasteiger charge is 2.02. The number of benzene rings is 1. The lowest BCUT2D eigenvalue weighted by atomic mass is 10.1. The Morgan fingerprint density at radius 1 is 1.67 bits per heavy atom. The molecule has 2 amide bonds. The predicted molar refractivity (Wildman–Crippen MR) is 59.2 cm³/mol. The van der Waals surface area contributed by atoms with E-state index in [9.17, 15) is 4.79 Å². The average Bonchev–Trinajstić information content (AvgIpc) is 2.17. The topological polar surface area (TPSA) is 91.3 Å². The van der Waals surface area contributed by atoms with Crippen LogP contribution in [-0.4, -0.2) is 12.2 Å². The van der Waals surface area contributed by atoms with E-state index < -0.39 is 6.03 Å². The summed E-state index contributed by atoms with van der Waals surface area (Å²) in [5, 5.41) is 12.4. The minimum Gasteiger partial charge on any atom is -0.350 e. The highest BCUT2D eigenvalue weighted by atomic mass is 79.9. The summed E-state index contributed by atoms with van der Waals surface area (Å²) < 4.78 is 0.674. The Morgan fingerprint density at radius 3 is 3.00 bits per heavy atom. The Kier molecular flexibility index (Phi) is 3.83. The number of carbonyl (C=O) groups excluding carboxylic acids is 1. The van der Waals surface area contributed by atoms with Gasteiger partial charge in [-0.1, -0.05) is 12.1 Å². The summed E-state index contributed by atoms with van der Waals surface area (Å²) >= 11 is 3.23. The van der Waals surface area contributed by atoms with Crippen molar-refractivity contribution in [1.29, 1.82) is 5.26 Å². The van der Waals surface area contributed by atoms with Gasteiger partial charge in [0, 0.05) is 10.0 Å². The fraction of sp³-hybridized carbons (Fsp3) is 0. The van der Waals surface area contributed by atoms with Crippen molar-refractivity contribution in [2.75, 3.05) is 0 Å². The number of nitriles is 1. The van der Waals surface area contributed by atoms with Crippen LogP contribution in [-0.2, 0) is 0 Å². The van der Waals surface area contributed by atoms with Crippen molar-refractivity contribution in [3.8, 4) is 6.07 Å². The van der Waals surface area contributed by atoms with Crippen LogP contribution in [0, 0.1) is 11.3 Å². The van der Waals surface area contributed by atoms with Crippen LogP contribution in [0.25, 0.3) is 0 Å². The summed E-state index contributed by atoms with van der Waals surface area (Å²) in [6, 6.07) is 6.48. The molecule has 5 nitrogen and oxygen atoms in total. The molecule has 1 aromatic carbocycles. The van der Waals surface area contributed by atoms with Gasteiger partial charge in [-0.05, 0) is 22.0 Å². The second-order valence-electron chi connectivity index (χ2n) is 2.55. The van der Waals surface area contributed by atoms with Crippen LogP contribution in [0.5, 0.6) is 0 Å². The van der Waals surface area contributed by atoms with Gasteiger partial charge in [0.1, 0.15) is 6.07 Å². The van der Waals surface area contributed by atoms with Gasteiger partial charge < -0.3 is 5.73 Å². The van der Waals surface area contributed by atoms with E-state index in [0.717, 1.165) is 0 Å². The van der Waals surface area contributed by atoms with Gasteiger partial charge in [0.2, 0.25) is 0 Å². The lowest BCUT2D eigenvalue weighted by molar-refractivity contribution is 0.249. The van der Waals surface area contributed by atoms with E-state index in [1.807, 2.05) is 11.5 Å². The summed E-state index contributed by atoms with van der Waals surface area (Å²) in [5.41, 5.74) is 7.92. The molecule has 0 aliphatic rings. The third-order valence-corrected chi connectivity index (χ3v) is 2.20. The van der Waals surface area contributed by atoms with Crippen molar-refractivity contribution in [2.24, 2.45) is 10.8 Å². The molecule has 1 rings (SSSR count). The molecule has 0 spiro atoms. The van der Waals surface area contributed by atoms with Crippen molar-refractivity contribution < 1.29 is 4.79 Å². The molecule has 0 saturated heterocycles. The van der Waals surface area contributed by atoms with Crippen molar-refractivity contribution in [3.05, 3.63) is 33.8 Å². The monoisotopic (exact) mass is 266 g/mol. The molecule has 0 aliphatic carbocycles. The molecule has 0 unspecified atom stereocenters. The molecular formula is C9H7BrN4O. The third-order valence-electron chi connectivity index (χ3n) is 1.54. The maximum absolute atomic E-state index is 10.3. The maximum atomic E-state index is 10.3. The van der Waals surface area contributed by atoms with Gasteiger partial charge in [0.05, 0.1) is 11.8 Å². The zero-order chi connectivity index (χ0) is 11.3. The summed E-state index contributed by atoms with van der Waals surface area (Å²) in [4.78, 5) is 10.3. The number of hydrogen-bond acceptors (Lipinski definition) is 3. The zero-order valence-electron chi connectivity index (χ0n) is 7.57. The predicted octanol–water partition coefficient (Wildman–Crippen LogP) is 1.32. The van der Waals surface area contributed by atoms with Crippen LogP contribution in [0.4, 0.5) is 4.79 Å². The number of carbonyl (C=O) groups is 1. The molecule has 6 heteroatoms. The van der Waals surface area contributed by atoms with E-state index in [-0.39, 0.29) is 0 Å². The molecule has 0 bridgehead atoms. The normalized spacial score (nSPS) is 9.87. The second-order valence-corrected chi connectivity index (χ2v) is 3.40. The van der Waals surface area contributed by atoms with Gasteiger partial charge in [-0.25, -0.2) is 10.2 Å². The summed E-state index contributed by atoms with van der Waals surface area (Å²) in [6.45, 7) is 0. The van der Waals surface area contributed by atoms with Crippen molar-refractivity contribution in [3.63, 3.8) is 0 Å². The second kappa shape index (κ2) is 5.12. The quantitative estimate of drug-likeness (QED) is 0.624. The van der Waals surface area contributed by atoms with Gasteiger partial charge in [-0.15, -0.1) is 0 Å². The molecule has 1 aromatic rings. The number of nitrogens with zero attached hydrogens (tertiary/aromatic N) is 2. The van der Waals surface area contributed by atoms with Gasteiger partial charge >= 0.3 is 6.03 Å². The first-order chi connectivity index (χ1) is 7.15. The first-order valence-corrected chi connectivity index (χ1v) is 4.71. The van der Waals surface area contributed by atoms with Crippen LogP contribution in [0.2, 0.25) is 0 Å². The zero-order valence-corrected chi connectivity index (χ0v) is 9.15. The highest BCUT2D eigenvalue weighted by Crippen LogP contribution is 2.18. The minimum atomic E-state index is -0.750. The molecule has 0 radical (unpaired) electrons. The molecule has 0 aromatic heterocycles. The number of rotatable bonds is 2. The summed E-state index contributed by atoms with van der Waals surface area (Å²) in [6.07, 6.45) is 1.36. The van der Waals surface area contributed by atoms with Crippen molar-refractivity contribution >= 4 is 28.2 Å². The van der Waals surface area contributed by atoms with Crippen molar-refractivity contribution in [1.82, 2.24) is 5.43 Å².